The molecule has 8 heteroatoms. The summed E-state index contributed by atoms with van der Waals surface area (Å²) in [6.45, 7) is 2.44. The fourth-order valence-electron chi connectivity index (χ4n) is 4.22. The molecule has 1 N–H and O–H groups in total. The number of benzene rings is 1. The number of nitrogens with zero attached hydrogens (tertiary/aromatic N) is 3. The molecule has 1 aliphatic carbocycles. The van der Waals surface area contributed by atoms with Gasteiger partial charge < -0.3 is 10.2 Å². The van der Waals surface area contributed by atoms with Crippen molar-refractivity contribution in [1.82, 2.24) is 20.0 Å². The Morgan fingerprint density at radius 3 is 2.64 bits per heavy atom. The third kappa shape index (κ3) is 3.78. The first-order valence-corrected chi connectivity index (χ1v) is 9.58. The molecule has 2 heterocycles. The Labute approximate surface area is 169 Å². The monoisotopic (exact) mass is 410 g/mol. The third-order valence-corrected chi connectivity index (χ3v) is 5.68. The van der Waals surface area contributed by atoms with Gasteiger partial charge in [0.15, 0.2) is 17.3 Å². The van der Waals surface area contributed by atoms with Gasteiger partial charge >= 0.3 is 0 Å². The molecule has 0 unspecified atom stereocenters. The van der Waals surface area contributed by atoms with Gasteiger partial charge in [0.1, 0.15) is 0 Å². The van der Waals surface area contributed by atoms with Gasteiger partial charge in [0.05, 0.1) is 5.69 Å². The van der Waals surface area contributed by atoms with Gasteiger partial charge in [-0.1, -0.05) is 0 Å². The fraction of sp³-hybridized carbons (Fsp3) is 0.500. The molecule has 1 amide bonds. The van der Waals surface area contributed by atoms with Crippen LogP contribution in [0.1, 0.15) is 41.0 Å². The highest BCUT2D eigenvalue weighted by molar-refractivity contribution is 5.94. The van der Waals surface area contributed by atoms with E-state index in [1.165, 1.54) is 6.07 Å². The van der Waals surface area contributed by atoms with Gasteiger partial charge in [-0.2, -0.15) is 5.10 Å². The normalized spacial score (nSPS) is 16.8. The van der Waals surface area contributed by atoms with E-state index in [1.807, 2.05) is 11.9 Å². The summed E-state index contributed by atoms with van der Waals surface area (Å²) >= 11 is 0. The average Bonchev–Trinajstić information content (AvgIpc) is 3.27. The number of rotatable bonds is 4. The number of likely N-dealkylation sites (tertiary alicyclic amines) is 1. The van der Waals surface area contributed by atoms with Crippen LogP contribution in [-0.4, -0.2) is 47.3 Å². The second kappa shape index (κ2) is 8.57. The quantitative estimate of drug-likeness (QED) is 0.842. The Morgan fingerprint density at radius 1 is 1.21 bits per heavy atom. The summed E-state index contributed by atoms with van der Waals surface area (Å²) in [7, 11) is 1.95. The lowest BCUT2D eigenvalue weighted by atomic mass is 9.96. The highest BCUT2D eigenvalue weighted by atomic mass is 35.5. The van der Waals surface area contributed by atoms with Crippen molar-refractivity contribution in [1.29, 1.82) is 0 Å². The molecule has 0 bridgehead atoms. The Morgan fingerprint density at radius 2 is 1.96 bits per heavy atom. The number of hydrogen-bond acceptors (Lipinski definition) is 3. The van der Waals surface area contributed by atoms with E-state index in [4.69, 9.17) is 0 Å². The molecule has 0 saturated carbocycles. The maximum absolute atomic E-state index is 13.7. The molecule has 0 spiro atoms. The average molecular weight is 411 g/mol. The first-order chi connectivity index (χ1) is 13.1. The number of amides is 1. The van der Waals surface area contributed by atoms with Gasteiger partial charge in [-0.15, -0.1) is 12.4 Å². The van der Waals surface area contributed by atoms with E-state index >= 15 is 0 Å². The maximum atomic E-state index is 13.7. The maximum Gasteiger partial charge on any atom is 0.274 e. The van der Waals surface area contributed by atoms with Crippen LogP contribution in [0.2, 0.25) is 0 Å². The molecular formula is C20H25ClF2N4O. The molecule has 4 rings (SSSR count). The van der Waals surface area contributed by atoms with Crippen LogP contribution in [0, 0.1) is 17.6 Å². The van der Waals surface area contributed by atoms with Crippen molar-refractivity contribution in [3.8, 4) is 5.69 Å². The van der Waals surface area contributed by atoms with Crippen molar-refractivity contribution < 1.29 is 13.6 Å². The molecule has 1 aromatic carbocycles. The summed E-state index contributed by atoms with van der Waals surface area (Å²) in [4.78, 5) is 15.0. The van der Waals surface area contributed by atoms with E-state index in [0.29, 0.717) is 17.3 Å². The fourth-order valence-corrected chi connectivity index (χ4v) is 4.22. The SMILES string of the molecule is CNCC1CCN(C(=O)c2nn(-c3ccc(F)c(F)c3)c3c2CCC3)CC1.Cl. The van der Waals surface area contributed by atoms with Crippen LogP contribution in [-0.2, 0) is 12.8 Å². The first-order valence-electron chi connectivity index (χ1n) is 9.58. The first kappa shape index (κ1) is 20.7. The summed E-state index contributed by atoms with van der Waals surface area (Å²) in [5, 5.41) is 7.73. The van der Waals surface area contributed by atoms with Crippen molar-refractivity contribution in [2.75, 3.05) is 26.7 Å². The second-order valence-electron chi connectivity index (χ2n) is 7.43. The summed E-state index contributed by atoms with van der Waals surface area (Å²) in [5.41, 5.74) is 2.83. The second-order valence-corrected chi connectivity index (χ2v) is 7.43. The van der Waals surface area contributed by atoms with Crippen LogP contribution in [0.4, 0.5) is 8.78 Å². The number of fused-ring (bicyclic) bond motifs is 1. The molecule has 2 aliphatic rings. The summed E-state index contributed by atoms with van der Waals surface area (Å²) in [6.07, 6.45) is 4.51. The van der Waals surface area contributed by atoms with Crippen LogP contribution in [0.15, 0.2) is 18.2 Å². The predicted octanol–water partition coefficient (Wildman–Crippen LogP) is 3.13. The van der Waals surface area contributed by atoms with Gasteiger partial charge in [0, 0.05) is 30.4 Å². The number of hydrogen-bond donors (Lipinski definition) is 1. The van der Waals surface area contributed by atoms with Crippen LogP contribution in [0.25, 0.3) is 5.69 Å². The van der Waals surface area contributed by atoms with E-state index in [0.717, 1.165) is 75.1 Å². The number of aromatic nitrogens is 2. The minimum Gasteiger partial charge on any atom is -0.337 e. The van der Waals surface area contributed by atoms with Crippen LogP contribution in [0.5, 0.6) is 0 Å². The van der Waals surface area contributed by atoms with Crippen molar-refractivity contribution in [2.24, 2.45) is 5.92 Å². The van der Waals surface area contributed by atoms with E-state index in [1.54, 1.807) is 4.68 Å². The molecule has 1 fully saturated rings. The Bertz CT molecular complexity index is 862. The summed E-state index contributed by atoms with van der Waals surface area (Å²) < 4.78 is 28.6. The minimum absolute atomic E-state index is 0. The lowest BCUT2D eigenvalue weighted by molar-refractivity contribution is 0.0683. The lowest BCUT2D eigenvalue weighted by Crippen LogP contribution is -2.40. The molecule has 1 aromatic heterocycles. The Kier molecular flexibility index (Phi) is 6.35. The number of carbonyl (C=O) groups is 1. The number of carbonyl (C=O) groups excluding carboxylic acids is 1. The van der Waals surface area contributed by atoms with Gasteiger partial charge in [-0.25, -0.2) is 13.5 Å². The largest absolute Gasteiger partial charge is 0.337 e. The zero-order chi connectivity index (χ0) is 19.0. The van der Waals surface area contributed by atoms with E-state index in [9.17, 15) is 13.6 Å². The van der Waals surface area contributed by atoms with E-state index < -0.39 is 11.6 Å². The molecule has 0 radical (unpaired) electrons. The number of halogens is 3. The van der Waals surface area contributed by atoms with Crippen molar-refractivity contribution in [3.63, 3.8) is 0 Å². The van der Waals surface area contributed by atoms with Crippen molar-refractivity contribution in [2.45, 2.75) is 32.1 Å². The standard InChI is InChI=1S/C20H24F2N4O.ClH/c1-23-12-13-7-9-25(10-8-13)20(27)19-15-3-2-4-18(15)26(24-19)14-5-6-16(21)17(22)11-14;/h5-6,11,13,23H,2-4,7-10,12H2,1H3;1H. The smallest absolute Gasteiger partial charge is 0.274 e. The van der Waals surface area contributed by atoms with E-state index in [-0.39, 0.29) is 18.3 Å². The van der Waals surface area contributed by atoms with Gasteiger partial charge in [0.2, 0.25) is 0 Å². The van der Waals surface area contributed by atoms with Crippen LogP contribution >= 0.6 is 12.4 Å². The Hall–Kier alpha value is -1.99. The minimum atomic E-state index is -0.908. The Balaban J connectivity index is 0.00000225. The number of piperidine rings is 1. The molecule has 28 heavy (non-hydrogen) atoms. The molecule has 152 valence electrons. The van der Waals surface area contributed by atoms with Crippen LogP contribution in [0.3, 0.4) is 0 Å². The molecule has 5 nitrogen and oxygen atoms in total. The molecule has 1 saturated heterocycles. The van der Waals surface area contributed by atoms with Gasteiger partial charge in [0.25, 0.3) is 5.91 Å². The van der Waals surface area contributed by atoms with Crippen molar-refractivity contribution in [3.05, 3.63) is 46.8 Å². The van der Waals surface area contributed by atoms with Crippen LogP contribution < -0.4 is 5.32 Å². The summed E-state index contributed by atoms with van der Waals surface area (Å²) in [5.74, 6) is -1.24. The molecule has 0 atom stereocenters. The van der Waals surface area contributed by atoms with Crippen molar-refractivity contribution >= 4 is 18.3 Å². The highest BCUT2D eigenvalue weighted by Crippen LogP contribution is 2.30. The topological polar surface area (TPSA) is 50.2 Å². The van der Waals surface area contributed by atoms with Gasteiger partial charge in [-0.3, -0.25) is 4.79 Å². The molecule has 1 aliphatic heterocycles. The predicted molar refractivity (Wildman–Crippen MR) is 105 cm³/mol. The third-order valence-electron chi connectivity index (χ3n) is 5.68. The number of nitrogens with one attached hydrogen (secondary N) is 1. The summed E-state index contributed by atoms with van der Waals surface area (Å²) in [6, 6.07) is 3.74. The molecular weight excluding hydrogens is 386 g/mol. The zero-order valence-corrected chi connectivity index (χ0v) is 16.7. The zero-order valence-electron chi connectivity index (χ0n) is 15.9. The van der Waals surface area contributed by atoms with E-state index in [2.05, 4.69) is 10.4 Å². The van der Waals surface area contributed by atoms with Gasteiger partial charge in [-0.05, 0) is 63.7 Å². The lowest BCUT2D eigenvalue weighted by Gasteiger charge is -2.31. The molecule has 2 aromatic rings. The highest BCUT2D eigenvalue weighted by Gasteiger charge is 2.31.